The molecule has 0 aliphatic heterocycles. The van der Waals surface area contributed by atoms with E-state index >= 15 is 0 Å². The van der Waals surface area contributed by atoms with Crippen LogP contribution in [0.5, 0.6) is 0 Å². The third-order valence-electron chi connectivity index (χ3n) is 2.25. The first-order chi connectivity index (χ1) is 6.04. The number of nitrogens with two attached hydrogens (primary N) is 1. The first-order valence-corrected chi connectivity index (χ1v) is 4.83. The van der Waals surface area contributed by atoms with Gasteiger partial charge >= 0.3 is 0 Å². The minimum atomic E-state index is 0. The Morgan fingerprint density at radius 1 is 1.07 bits per heavy atom. The van der Waals surface area contributed by atoms with E-state index in [0.29, 0.717) is 0 Å². The van der Waals surface area contributed by atoms with E-state index in [1.54, 1.807) is 0 Å². The van der Waals surface area contributed by atoms with Crippen LogP contribution in [0, 0.1) is 0 Å². The summed E-state index contributed by atoms with van der Waals surface area (Å²) < 4.78 is 0. The fraction of sp³-hybridized carbons (Fsp3) is 0.500. The largest absolute Gasteiger partial charge is 0.330 e. The predicted molar refractivity (Wildman–Crippen MR) is 65.1 cm³/mol. The van der Waals surface area contributed by atoms with Gasteiger partial charge in [0.15, 0.2) is 0 Å². The van der Waals surface area contributed by atoms with Crippen LogP contribution in [0.25, 0.3) is 0 Å². The normalized spacial score (nSPS) is 10.9. The average molecular weight is 214 g/mol. The van der Waals surface area contributed by atoms with Crippen molar-refractivity contribution in [2.45, 2.75) is 32.6 Å². The molecular formula is C12H20ClN. The second-order valence-electron chi connectivity index (χ2n) is 4.49. The van der Waals surface area contributed by atoms with Crippen LogP contribution in [0.3, 0.4) is 0 Å². The molecule has 80 valence electrons. The van der Waals surface area contributed by atoms with Crippen molar-refractivity contribution in [1.29, 1.82) is 0 Å². The van der Waals surface area contributed by atoms with E-state index in [-0.39, 0.29) is 17.8 Å². The van der Waals surface area contributed by atoms with Crippen molar-refractivity contribution in [2.24, 2.45) is 5.73 Å². The first kappa shape index (κ1) is 13.5. The Balaban J connectivity index is 0.00000169. The fourth-order valence-electron chi connectivity index (χ4n) is 1.34. The van der Waals surface area contributed by atoms with Crippen molar-refractivity contribution in [3.63, 3.8) is 0 Å². The van der Waals surface area contributed by atoms with Crippen LogP contribution in [0.1, 0.15) is 31.9 Å². The summed E-state index contributed by atoms with van der Waals surface area (Å²) in [5.74, 6) is 0. The molecule has 0 amide bonds. The molecule has 0 saturated heterocycles. The van der Waals surface area contributed by atoms with Gasteiger partial charge in [0.2, 0.25) is 0 Å². The van der Waals surface area contributed by atoms with E-state index in [9.17, 15) is 0 Å². The standard InChI is InChI=1S/C12H19N.ClH/c1-12(2,3)11-6-4-10(5-7-11)8-9-13;/h4-7H,8-9,13H2,1-3H3;1H. The van der Waals surface area contributed by atoms with Crippen molar-refractivity contribution in [1.82, 2.24) is 0 Å². The van der Waals surface area contributed by atoms with E-state index < -0.39 is 0 Å². The lowest BCUT2D eigenvalue weighted by Crippen LogP contribution is -2.11. The number of rotatable bonds is 2. The number of halogens is 1. The molecule has 0 saturated carbocycles. The maximum atomic E-state index is 5.48. The summed E-state index contributed by atoms with van der Waals surface area (Å²) in [6, 6.07) is 8.75. The first-order valence-electron chi connectivity index (χ1n) is 4.83. The zero-order valence-electron chi connectivity index (χ0n) is 9.21. The van der Waals surface area contributed by atoms with Gasteiger partial charge in [-0.05, 0) is 29.5 Å². The second kappa shape index (κ2) is 5.38. The molecular weight excluding hydrogens is 194 g/mol. The highest BCUT2D eigenvalue weighted by atomic mass is 35.5. The van der Waals surface area contributed by atoms with Gasteiger partial charge in [0.1, 0.15) is 0 Å². The van der Waals surface area contributed by atoms with Crippen LogP contribution in [-0.4, -0.2) is 6.54 Å². The number of hydrogen-bond donors (Lipinski definition) is 1. The number of benzene rings is 1. The van der Waals surface area contributed by atoms with Crippen molar-refractivity contribution in [2.75, 3.05) is 6.54 Å². The van der Waals surface area contributed by atoms with Gasteiger partial charge in [-0.1, -0.05) is 45.0 Å². The zero-order valence-corrected chi connectivity index (χ0v) is 10.0. The Bertz CT molecular complexity index is 259. The van der Waals surface area contributed by atoms with Crippen molar-refractivity contribution in [3.8, 4) is 0 Å². The fourth-order valence-corrected chi connectivity index (χ4v) is 1.34. The molecule has 2 N–H and O–H groups in total. The molecule has 2 heteroatoms. The summed E-state index contributed by atoms with van der Waals surface area (Å²) in [5.41, 5.74) is 8.45. The maximum absolute atomic E-state index is 5.48. The van der Waals surface area contributed by atoms with Crippen LogP contribution < -0.4 is 5.73 Å². The van der Waals surface area contributed by atoms with Gasteiger partial charge in [-0.15, -0.1) is 12.4 Å². The topological polar surface area (TPSA) is 26.0 Å². The summed E-state index contributed by atoms with van der Waals surface area (Å²) >= 11 is 0. The Morgan fingerprint density at radius 3 is 1.93 bits per heavy atom. The zero-order chi connectivity index (χ0) is 9.90. The van der Waals surface area contributed by atoms with Gasteiger partial charge in [-0.2, -0.15) is 0 Å². The molecule has 0 aromatic heterocycles. The Morgan fingerprint density at radius 2 is 1.57 bits per heavy atom. The number of hydrogen-bond acceptors (Lipinski definition) is 1. The molecule has 1 rings (SSSR count). The van der Waals surface area contributed by atoms with Crippen LogP contribution in [-0.2, 0) is 11.8 Å². The van der Waals surface area contributed by atoms with E-state index in [0.717, 1.165) is 13.0 Å². The van der Waals surface area contributed by atoms with E-state index in [2.05, 4.69) is 45.0 Å². The molecule has 0 atom stereocenters. The predicted octanol–water partition coefficient (Wildman–Crippen LogP) is 2.91. The summed E-state index contributed by atoms with van der Waals surface area (Å²) in [6.07, 6.45) is 0.977. The summed E-state index contributed by atoms with van der Waals surface area (Å²) in [7, 11) is 0. The van der Waals surface area contributed by atoms with Crippen molar-refractivity contribution < 1.29 is 0 Å². The molecule has 0 unspecified atom stereocenters. The quantitative estimate of drug-likeness (QED) is 0.804. The third-order valence-corrected chi connectivity index (χ3v) is 2.25. The van der Waals surface area contributed by atoms with E-state index in [1.807, 2.05) is 0 Å². The van der Waals surface area contributed by atoms with Gasteiger partial charge < -0.3 is 5.73 Å². The highest BCUT2D eigenvalue weighted by molar-refractivity contribution is 5.85. The van der Waals surface area contributed by atoms with Gasteiger partial charge in [-0.25, -0.2) is 0 Å². The Hall–Kier alpha value is -0.530. The Labute approximate surface area is 93.1 Å². The summed E-state index contributed by atoms with van der Waals surface area (Å²) in [6.45, 7) is 7.41. The van der Waals surface area contributed by atoms with Crippen LogP contribution in [0.4, 0.5) is 0 Å². The summed E-state index contributed by atoms with van der Waals surface area (Å²) in [4.78, 5) is 0. The average Bonchev–Trinajstić information content (AvgIpc) is 2.04. The Kier molecular flexibility index (Phi) is 5.17. The molecule has 0 spiro atoms. The molecule has 1 nitrogen and oxygen atoms in total. The monoisotopic (exact) mass is 213 g/mol. The van der Waals surface area contributed by atoms with Crippen molar-refractivity contribution >= 4 is 12.4 Å². The smallest absolute Gasteiger partial charge is 0.00367 e. The van der Waals surface area contributed by atoms with Gasteiger partial charge in [0.25, 0.3) is 0 Å². The second-order valence-corrected chi connectivity index (χ2v) is 4.49. The molecule has 0 aliphatic rings. The van der Waals surface area contributed by atoms with Crippen LogP contribution in [0.2, 0.25) is 0 Å². The molecule has 1 aromatic rings. The molecule has 0 bridgehead atoms. The lowest BCUT2D eigenvalue weighted by atomic mass is 9.86. The summed E-state index contributed by atoms with van der Waals surface area (Å²) in [5, 5.41) is 0. The SMILES string of the molecule is CC(C)(C)c1ccc(CCN)cc1.Cl. The van der Waals surface area contributed by atoms with E-state index in [4.69, 9.17) is 5.73 Å². The lowest BCUT2D eigenvalue weighted by Gasteiger charge is -2.19. The van der Waals surface area contributed by atoms with Crippen LogP contribution >= 0.6 is 12.4 Å². The van der Waals surface area contributed by atoms with E-state index in [1.165, 1.54) is 11.1 Å². The van der Waals surface area contributed by atoms with Gasteiger partial charge in [0, 0.05) is 0 Å². The minimum absolute atomic E-state index is 0. The highest BCUT2D eigenvalue weighted by Gasteiger charge is 2.12. The molecule has 0 fully saturated rings. The van der Waals surface area contributed by atoms with Gasteiger partial charge in [-0.3, -0.25) is 0 Å². The molecule has 1 aromatic carbocycles. The third kappa shape index (κ3) is 3.69. The molecule has 0 heterocycles. The minimum Gasteiger partial charge on any atom is -0.330 e. The molecule has 0 aliphatic carbocycles. The van der Waals surface area contributed by atoms with Crippen LogP contribution in [0.15, 0.2) is 24.3 Å². The van der Waals surface area contributed by atoms with Crippen molar-refractivity contribution in [3.05, 3.63) is 35.4 Å². The lowest BCUT2D eigenvalue weighted by molar-refractivity contribution is 0.590. The highest BCUT2D eigenvalue weighted by Crippen LogP contribution is 2.22. The maximum Gasteiger partial charge on any atom is -0.00367 e. The molecule has 0 radical (unpaired) electrons. The molecule has 14 heavy (non-hydrogen) atoms. The van der Waals surface area contributed by atoms with Gasteiger partial charge in [0.05, 0.1) is 0 Å².